The highest BCUT2D eigenvalue weighted by molar-refractivity contribution is 6.35. The Morgan fingerprint density at radius 2 is 1.96 bits per heavy atom. The first-order chi connectivity index (χ1) is 12.1. The fourth-order valence-electron chi connectivity index (χ4n) is 4.24. The molecular weight excluding hydrogens is 338 g/mol. The molecule has 4 rings (SSSR count). The van der Waals surface area contributed by atoms with Gasteiger partial charge in [-0.25, -0.2) is 0 Å². The third kappa shape index (κ3) is 2.94. The van der Waals surface area contributed by atoms with Gasteiger partial charge in [-0.1, -0.05) is 24.1 Å². The van der Waals surface area contributed by atoms with Crippen LogP contribution in [0.5, 0.6) is 0 Å². The first-order valence-corrected chi connectivity index (χ1v) is 9.39. The van der Waals surface area contributed by atoms with Gasteiger partial charge >= 0.3 is 0 Å². The first kappa shape index (κ1) is 16.9. The van der Waals surface area contributed by atoms with E-state index in [4.69, 9.17) is 11.6 Å². The molecule has 3 heterocycles. The van der Waals surface area contributed by atoms with Crippen molar-refractivity contribution in [2.75, 3.05) is 26.2 Å². The van der Waals surface area contributed by atoms with E-state index in [1.165, 1.54) is 19.3 Å². The van der Waals surface area contributed by atoms with Crippen molar-refractivity contribution >= 4 is 28.4 Å². The molecule has 25 heavy (non-hydrogen) atoms. The van der Waals surface area contributed by atoms with Gasteiger partial charge in [0.1, 0.15) is 5.69 Å². The van der Waals surface area contributed by atoms with Crippen LogP contribution in [0.2, 0.25) is 5.02 Å². The highest BCUT2D eigenvalue weighted by Gasteiger charge is 2.38. The van der Waals surface area contributed by atoms with Crippen LogP contribution in [0.15, 0.2) is 24.3 Å². The molecule has 2 saturated heterocycles. The van der Waals surface area contributed by atoms with Gasteiger partial charge in [0.25, 0.3) is 5.91 Å². The molecule has 1 aromatic heterocycles. The number of aliphatic hydroxyl groups is 1. The van der Waals surface area contributed by atoms with Crippen LogP contribution in [-0.4, -0.2) is 63.7 Å². The number of benzene rings is 1. The number of nitrogens with zero attached hydrogens (tertiary/aromatic N) is 3. The molecule has 1 aromatic carbocycles. The maximum atomic E-state index is 13.1. The van der Waals surface area contributed by atoms with E-state index in [0.29, 0.717) is 23.8 Å². The minimum atomic E-state index is -0.472. The number of likely N-dealkylation sites (tertiary alicyclic amines) is 2. The first-order valence-electron chi connectivity index (χ1n) is 9.01. The standard InChI is InChI=1S/C19H24ClN3O2/c1-21-15-7-5-6-14(20)13(15)10-16(21)19(25)23-11-17(18(24)12-23)22-8-3-2-4-9-22/h5-7,10,17-18,24H,2-4,8-9,11-12H2,1H3/t17-,18-/m0/s1. The number of carbonyl (C=O) groups excluding carboxylic acids is 1. The lowest BCUT2D eigenvalue weighted by molar-refractivity contribution is 0.0702. The average molecular weight is 362 g/mol. The molecule has 2 atom stereocenters. The van der Waals surface area contributed by atoms with E-state index >= 15 is 0 Å². The highest BCUT2D eigenvalue weighted by atomic mass is 35.5. The van der Waals surface area contributed by atoms with E-state index in [1.54, 1.807) is 4.90 Å². The summed E-state index contributed by atoms with van der Waals surface area (Å²) in [5.41, 5.74) is 1.57. The summed E-state index contributed by atoms with van der Waals surface area (Å²) in [5.74, 6) is -0.0340. The zero-order valence-corrected chi connectivity index (χ0v) is 15.2. The van der Waals surface area contributed by atoms with Crippen LogP contribution < -0.4 is 0 Å². The van der Waals surface area contributed by atoms with Crippen molar-refractivity contribution in [3.63, 3.8) is 0 Å². The number of piperidine rings is 1. The molecule has 0 saturated carbocycles. The summed E-state index contributed by atoms with van der Waals surface area (Å²) >= 11 is 6.27. The summed E-state index contributed by atoms with van der Waals surface area (Å²) in [6, 6.07) is 7.62. The Kier molecular flexibility index (Phi) is 4.48. The average Bonchev–Trinajstić information content (AvgIpc) is 3.17. The molecule has 1 N–H and O–H groups in total. The molecule has 6 heteroatoms. The van der Waals surface area contributed by atoms with Gasteiger partial charge in [-0.15, -0.1) is 0 Å². The van der Waals surface area contributed by atoms with Crippen LogP contribution in [0.4, 0.5) is 0 Å². The number of aliphatic hydroxyl groups excluding tert-OH is 1. The second-order valence-corrected chi connectivity index (χ2v) is 7.61. The van der Waals surface area contributed by atoms with Gasteiger partial charge in [0, 0.05) is 36.1 Å². The number of rotatable bonds is 2. The summed E-state index contributed by atoms with van der Waals surface area (Å²) < 4.78 is 1.89. The molecule has 0 aliphatic carbocycles. The Morgan fingerprint density at radius 3 is 2.68 bits per heavy atom. The monoisotopic (exact) mass is 361 g/mol. The Hall–Kier alpha value is -1.56. The van der Waals surface area contributed by atoms with E-state index in [2.05, 4.69) is 4.90 Å². The van der Waals surface area contributed by atoms with Crippen molar-refractivity contribution in [2.24, 2.45) is 7.05 Å². The lowest BCUT2D eigenvalue weighted by Gasteiger charge is -2.33. The third-order valence-electron chi connectivity index (χ3n) is 5.66. The Bertz CT molecular complexity index is 797. The van der Waals surface area contributed by atoms with Gasteiger partial charge in [-0.3, -0.25) is 9.69 Å². The smallest absolute Gasteiger partial charge is 0.270 e. The van der Waals surface area contributed by atoms with Crippen LogP contribution in [0.1, 0.15) is 29.8 Å². The molecule has 2 aliphatic heterocycles. The van der Waals surface area contributed by atoms with Crippen molar-refractivity contribution in [3.05, 3.63) is 35.0 Å². The fraction of sp³-hybridized carbons (Fsp3) is 0.526. The van der Waals surface area contributed by atoms with Crippen molar-refractivity contribution in [3.8, 4) is 0 Å². The maximum absolute atomic E-state index is 13.1. The number of amides is 1. The fourth-order valence-corrected chi connectivity index (χ4v) is 4.46. The second-order valence-electron chi connectivity index (χ2n) is 7.20. The number of hydrogen-bond donors (Lipinski definition) is 1. The van der Waals surface area contributed by atoms with Crippen LogP contribution in [-0.2, 0) is 7.05 Å². The Morgan fingerprint density at radius 1 is 1.20 bits per heavy atom. The lowest BCUT2D eigenvalue weighted by Crippen LogP contribution is -2.46. The SMILES string of the molecule is Cn1c(C(=O)N2C[C@H](O)[C@@H](N3CCCCC3)C2)cc2c(Cl)cccc21. The molecule has 0 bridgehead atoms. The molecule has 2 fully saturated rings. The molecule has 2 aromatic rings. The quantitative estimate of drug-likeness (QED) is 0.894. The highest BCUT2D eigenvalue weighted by Crippen LogP contribution is 2.28. The van der Waals surface area contributed by atoms with Gasteiger partial charge in [-0.05, 0) is 44.1 Å². The molecule has 134 valence electrons. The van der Waals surface area contributed by atoms with Gasteiger partial charge in [0.2, 0.25) is 0 Å². The number of halogens is 1. The number of β-amino-alcohol motifs (C(OH)–C–C–N with tert-alkyl or cyclic N) is 1. The Balaban J connectivity index is 1.57. The summed E-state index contributed by atoms with van der Waals surface area (Å²) in [6.45, 7) is 3.03. The lowest BCUT2D eigenvalue weighted by atomic mass is 10.1. The van der Waals surface area contributed by atoms with E-state index in [0.717, 1.165) is 24.0 Å². The molecular formula is C19H24ClN3O2. The molecule has 2 aliphatic rings. The van der Waals surface area contributed by atoms with E-state index < -0.39 is 6.10 Å². The zero-order chi connectivity index (χ0) is 17.6. The second kappa shape index (κ2) is 6.63. The predicted octanol–water partition coefficient (Wildman–Crippen LogP) is 2.50. The number of aromatic nitrogens is 1. The van der Waals surface area contributed by atoms with Gasteiger partial charge < -0.3 is 14.6 Å². The topological polar surface area (TPSA) is 48.7 Å². The number of aryl methyl sites for hydroxylation is 1. The van der Waals surface area contributed by atoms with Gasteiger partial charge in [-0.2, -0.15) is 0 Å². The van der Waals surface area contributed by atoms with Crippen LogP contribution in [0.3, 0.4) is 0 Å². The van der Waals surface area contributed by atoms with E-state index in [1.807, 2.05) is 35.9 Å². The van der Waals surface area contributed by atoms with Crippen molar-refractivity contribution in [1.82, 2.24) is 14.4 Å². The van der Waals surface area contributed by atoms with Crippen LogP contribution in [0.25, 0.3) is 10.9 Å². The number of carbonyl (C=O) groups is 1. The van der Waals surface area contributed by atoms with E-state index in [-0.39, 0.29) is 11.9 Å². The minimum absolute atomic E-state index is 0.0340. The molecule has 5 nitrogen and oxygen atoms in total. The summed E-state index contributed by atoms with van der Waals surface area (Å²) in [4.78, 5) is 17.2. The van der Waals surface area contributed by atoms with Gasteiger partial charge in [0.05, 0.1) is 12.1 Å². The van der Waals surface area contributed by atoms with Crippen molar-refractivity contribution in [1.29, 1.82) is 0 Å². The van der Waals surface area contributed by atoms with Crippen molar-refractivity contribution in [2.45, 2.75) is 31.4 Å². The molecule has 0 unspecified atom stereocenters. The number of hydrogen-bond acceptors (Lipinski definition) is 3. The summed E-state index contributed by atoms with van der Waals surface area (Å²) in [5, 5.41) is 12.0. The van der Waals surface area contributed by atoms with Gasteiger partial charge in [0.15, 0.2) is 0 Å². The number of fused-ring (bicyclic) bond motifs is 1. The van der Waals surface area contributed by atoms with Crippen LogP contribution >= 0.6 is 11.6 Å². The summed E-state index contributed by atoms with van der Waals surface area (Å²) in [7, 11) is 1.89. The van der Waals surface area contributed by atoms with Crippen molar-refractivity contribution < 1.29 is 9.90 Å². The Labute approximate surface area is 152 Å². The minimum Gasteiger partial charge on any atom is -0.390 e. The van der Waals surface area contributed by atoms with Crippen LogP contribution in [0, 0.1) is 0 Å². The molecule has 0 radical (unpaired) electrons. The normalized spacial score (nSPS) is 25.0. The largest absolute Gasteiger partial charge is 0.390 e. The summed E-state index contributed by atoms with van der Waals surface area (Å²) in [6.07, 6.45) is 3.15. The maximum Gasteiger partial charge on any atom is 0.270 e. The third-order valence-corrected chi connectivity index (χ3v) is 5.99. The molecule has 0 spiro atoms. The molecule has 1 amide bonds. The zero-order valence-electron chi connectivity index (χ0n) is 14.5. The van der Waals surface area contributed by atoms with E-state index in [9.17, 15) is 9.90 Å². The predicted molar refractivity (Wildman–Crippen MR) is 99.1 cm³/mol.